The number of H-pyrrole nitrogens is 1. The zero-order valence-electron chi connectivity index (χ0n) is 11.5. The van der Waals surface area contributed by atoms with Crippen molar-refractivity contribution in [3.63, 3.8) is 0 Å². The van der Waals surface area contributed by atoms with Crippen LogP contribution in [0.4, 0.5) is 0 Å². The number of nitrogens with one attached hydrogen (secondary N) is 1. The van der Waals surface area contributed by atoms with Gasteiger partial charge >= 0.3 is 5.69 Å². The van der Waals surface area contributed by atoms with E-state index in [-0.39, 0.29) is 23.2 Å². The van der Waals surface area contributed by atoms with Crippen molar-refractivity contribution in [1.29, 1.82) is 0 Å². The minimum atomic E-state index is -1.00. The van der Waals surface area contributed by atoms with Gasteiger partial charge in [-0.15, -0.1) is 0 Å². The van der Waals surface area contributed by atoms with Gasteiger partial charge in [-0.2, -0.15) is 0 Å². The predicted molar refractivity (Wildman–Crippen MR) is 81.1 cm³/mol. The summed E-state index contributed by atoms with van der Waals surface area (Å²) in [5.41, 5.74) is -0.320. The Hall–Kier alpha value is -0.880. The van der Waals surface area contributed by atoms with Gasteiger partial charge in [0.1, 0.15) is 5.15 Å². The Bertz CT molecular complexity index is 617. The van der Waals surface area contributed by atoms with E-state index in [4.69, 9.17) is 11.6 Å². The van der Waals surface area contributed by atoms with Gasteiger partial charge in [0.15, 0.2) is 0 Å². The number of nitrogens with zero attached hydrogens (tertiary/aromatic N) is 1. The van der Waals surface area contributed by atoms with Crippen LogP contribution < -0.4 is 11.2 Å². The van der Waals surface area contributed by atoms with E-state index in [1.165, 1.54) is 0 Å². The molecule has 0 amide bonds. The van der Waals surface area contributed by atoms with Crippen LogP contribution in [0, 0.1) is 0 Å². The smallest absolute Gasteiger partial charge is 0.297 e. The van der Waals surface area contributed by atoms with Gasteiger partial charge < -0.3 is 0 Å². The fraction of sp³-hybridized carbons (Fsp3) is 0.692. The molecule has 0 spiro atoms. The highest BCUT2D eigenvalue weighted by Crippen LogP contribution is 2.34. The molecule has 1 aromatic rings. The predicted octanol–water partition coefficient (Wildman–Crippen LogP) is 1.62. The maximum absolute atomic E-state index is 12.5. The standard InChI is InChI=1S/C13H19ClN2O3S/c1-2-20(19)8-7-16-12(17)10(9-5-3-4-6-9)11(14)15-13(16)18/h9H,2-8H2,1H3,(H,15,18). The summed E-state index contributed by atoms with van der Waals surface area (Å²) in [6.07, 6.45) is 4.03. The van der Waals surface area contributed by atoms with E-state index < -0.39 is 16.5 Å². The molecule has 0 aromatic carbocycles. The SMILES string of the molecule is CCS(=O)CCn1c(=O)[nH]c(Cl)c(C2CCCC2)c1=O. The van der Waals surface area contributed by atoms with Gasteiger partial charge in [0, 0.05) is 28.9 Å². The summed E-state index contributed by atoms with van der Waals surface area (Å²) in [6, 6.07) is 0. The molecule has 0 aliphatic heterocycles. The van der Waals surface area contributed by atoms with Crippen LogP contribution in [0.15, 0.2) is 9.59 Å². The van der Waals surface area contributed by atoms with Crippen LogP contribution in [-0.2, 0) is 17.3 Å². The summed E-state index contributed by atoms with van der Waals surface area (Å²) >= 11 is 6.05. The quantitative estimate of drug-likeness (QED) is 0.838. The Kier molecular flexibility index (Phi) is 5.21. The summed E-state index contributed by atoms with van der Waals surface area (Å²) in [6.45, 7) is 1.99. The van der Waals surface area contributed by atoms with Crippen LogP contribution in [0.1, 0.15) is 44.1 Å². The lowest BCUT2D eigenvalue weighted by Gasteiger charge is -2.13. The van der Waals surface area contributed by atoms with Crippen molar-refractivity contribution < 1.29 is 4.21 Å². The first-order valence-electron chi connectivity index (χ1n) is 6.92. The van der Waals surface area contributed by atoms with Crippen molar-refractivity contribution in [1.82, 2.24) is 9.55 Å². The Labute approximate surface area is 124 Å². The van der Waals surface area contributed by atoms with E-state index in [9.17, 15) is 13.8 Å². The lowest BCUT2D eigenvalue weighted by atomic mass is 10.0. The van der Waals surface area contributed by atoms with Crippen LogP contribution in [0.5, 0.6) is 0 Å². The Balaban J connectivity index is 2.37. The number of aromatic amines is 1. The van der Waals surface area contributed by atoms with Crippen molar-refractivity contribution in [2.45, 2.75) is 45.1 Å². The van der Waals surface area contributed by atoms with Gasteiger partial charge in [-0.25, -0.2) is 4.79 Å². The summed E-state index contributed by atoms with van der Waals surface area (Å²) in [5.74, 6) is 0.968. The zero-order valence-corrected chi connectivity index (χ0v) is 13.1. The highest BCUT2D eigenvalue weighted by molar-refractivity contribution is 7.84. The van der Waals surface area contributed by atoms with Crippen molar-refractivity contribution in [3.8, 4) is 0 Å². The third-order valence-corrected chi connectivity index (χ3v) is 5.38. The molecule has 1 aliphatic carbocycles. The van der Waals surface area contributed by atoms with E-state index in [1.807, 2.05) is 6.92 Å². The van der Waals surface area contributed by atoms with Crippen LogP contribution in [0.2, 0.25) is 5.15 Å². The molecule has 1 aliphatic rings. The molecule has 1 aromatic heterocycles. The van der Waals surface area contributed by atoms with Gasteiger partial charge in [0.05, 0.1) is 5.56 Å². The summed E-state index contributed by atoms with van der Waals surface area (Å²) < 4.78 is 12.6. The molecule has 1 fully saturated rings. The second kappa shape index (κ2) is 6.72. The Morgan fingerprint density at radius 1 is 1.35 bits per heavy atom. The van der Waals surface area contributed by atoms with Crippen molar-refractivity contribution in [2.24, 2.45) is 0 Å². The molecule has 2 rings (SSSR count). The zero-order chi connectivity index (χ0) is 14.7. The first kappa shape index (κ1) is 15.5. The monoisotopic (exact) mass is 318 g/mol. The first-order valence-corrected chi connectivity index (χ1v) is 8.78. The Morgan fingerprint density at radius 2 is 2.00 bits per heavy atom. The van der Waals surface area contributed by atoms with Crippen LogP contribution >= 0.6 is 11.6 Å². The molecule has 0 radical (unpaired) electrons. The number of aromatic nitrogens is 2. The summed E-state index contributed by atoms with van der Waals surface area (Å²) in [4.78, 5) is 26.9. The molecule has 1 heterocycles. The molecule has 112 valence electrons. The second-order valence-electron chi connectivity index (χ2n) is 5.03. The molecule has 20 heavy (non-hydrogen) atoms. The third kappa shape index (κ3) is 3.23. The molecule has 5 nitrogen and oxygen atoms in total. The average molecular weight is 319 g/mol. The third-order valence-electron chi connectivity index (χ3n) is 3.80. The number of hydrogen-bond donors (Lipinski definition) is 1. The molecule has 1 atom stereocenters. The molecule has 1 saturated carbocycles. The maximum Gasteiger partial charge on any atom is 0.329 e. The largest absolute Gasteiger partial charge is 0.329 e. The molecule has 0 saturated heterocycles. The second-order valence-corrected chi connectivity index (χ2v) is 7.27. The van der Waals surface area contributed by atoms with Crippen molar-refractivity contribution in [3.05, 3.63) is 31.6 Å². The molecular weight excluding hydrogens is 300 g/mol. The highest BCUT2D eigenvalue weighted by Gasteiger charge is 2.24. The van der Waals surface area contributed by atoms with Gasteiger partial charge in [-0.05, 0) is 18.8 Å². The normalized spacial score (nSPS) is 17.5. The van der Waals surface area contributed by atoms with E-state index in [0.717, 1.165) is 30.3 Å². The Morgan fingerprint density at radius 3 is 2.60 bits per heavy atom. The number of rotatable bonds is 5. The van der Waals surface area contributed by atoms with Crippen LogP contribution in [-0.4, -0.2) is 25.3 Å². The molecule has 7 heteroatoms. The van der Waals surface area contributed by atoms with Crippen LogP contribution in [0.3, 0.4) is 0 Å². The first-order chi connectivity index (χ1) is 9.54. The fourth-order valence-corrected chi connectivity index (χ4v) is 3.66. The molecule has 0 bridgehead atoms. The van der Waals surface area contributed by atoms with E-state index in [1.54, 1.807) is 0 Å². The topological polar surface area (TPSA) is 71.9 Å². The van der Waals surface area contributed by atoms with Crippen molar-refractivity contribution in [2.75, 3.05) is 11.5 Å². The summed E-state index contributed by atoms with van der Waals surface area (Å²) in [7, 11) is -1.00. The molecule has 1 unspecified atom stereocenters. The highest BCUT2D eigenvalue weighted by atomic mass is 35.5. The van der Waals surface area contributed by atoms with E-state index in [2.05, 4.69) is 4.98 Å². The van der Waals surface area contributed by atoms with Gasteiger partial charge in [0.25, 0.3) is 5.56 Å². The minimum Gasteiger partial charge on any atom is -0.297 e. The molecule has 1 N–H and O–H groups in total. The van der Waals surface area contributed by atoms with Gasteiger partial charge in [0.2, 0.25) is 0 Å². The lowest BCUT2D eigenvalue weighted by molar-refractivity contribution is 0.623. The molecular formula is C13H19ClN2O3S. The lowest BCUT2D eigenvalue weighted by Crippen LogP contribution is -2.39. The van der Waals surface area contributed by atoms with Crippen molar-refractivity contribution >= 4 is 22.4 Å². The summed E-state index contributed by atoms with van der Waals surface area (Å²) in [5, 5.41) is 0.166. The number of halogens is 1. The van der Waals surface area contributed by atoms with Crippen LogP contribution in [0.25, 0.3) is 0 Å². The average Bonchev–Trinajstić information content (AvgIpc) is 2.91. The number of hydrogen-bond acceptors (Lipinski definition) is 3. The van der Waals surface area contributed by atoms with Gasteiger partial charge in [-0.1, -0.05) is 31.4 Å². The van der Waals surface area contributed by atoms with E-state index >= 15 is 0 Å². The fourth-order valence-electron chi connectivity index (χ4n) is 2.67. The van der Waals surface area contributed by atoms with E-state index in [0.29, 0.717) is 17.1 Å². The minimum absolute atomic E-state index is 0.134. The maximum atomic E-state index is 12.5. The van der Waals surface area contributed by atoms with Gasteiger partial charge in [-0.3, -0.25) is 18.6 Å².